The lowest BCUT2D eigenvalue weighted by Crippen LogP contribution is -1.98. The van der Waals surface area contributed by atoms with Crippen LogP contribution in [0.25, 0.3) is 11.0 Å². The fraction of sp³-hybridized carbons (Fsp3) is 0.250. The van der Waals surface area contributed by atoms with E-state index in [2.05, 4.69) is 0 Å². The fourth-order valence-electron chi connectivity index (χ4n) is 1.55. The van der Waals surface area contributed by atoms with Gasteiger partial charge in [-0.05, 0) is 12.1 Å². The van der Waals surface area contributed by atoms with Crippen LogP contribution in [0.15, 0.2) is 28.7 Å². The predicted octanol–water partition coefficient (Wildman–Crippen LogP) is 2.95. The van der Waals surface area contributed by atoms with Gasteiger partial charge in [-0.3, -0.25) is 0 Å². The molecule has 78 valence electrons. The molecule has 0 saturated carbocycles. The smallest absolute Gasteiger partial charge is 0.169 e. The van der Waals surface area contributed by atoms with Gasteiger partial charge < -0.3 is 9.21 Å². The molecule has 0 N–H and O–H groups in total. The summed E-state index contributed by atoms with van der Waals surface area (Å²) in [5.74, 6) is 0.181. The Balaban J connectivity index is 2.39. The molecule has 2 aromatic rings. The first kappa shape index (κ1) is 9.90. The molecule has 1 heterocycles. The van der Waals surface area contributed by atoms with Crippen molar-refractivity contribution >= 4 is 17.3 Å². The van der Waals surface area contributed by atoms with Crippen molar-refractivity contribution in [3.63, 3.8) is 0 Å². The Morgan fingerprint density at radius 3 is 3.00 bits per heavy atom. The van der Waals surface area contributed by atoms with Gasteiger partial charge in [0.25, 0.3) is 0 Å². The molecule has 2 rings (SSSR count). The molecule has 0 fully saturated rings. The van der Waals surface area contributed by atoms with Crippen molar-refractivity contribution in [2.24, 2.45) is 5.92 Å². The zero-order valence-corrected chi connectivity index (χ0v) is 8.37. The van der Waals surface area contributed by atoms with E-state index in [-0.39, 0.29) is 17.3 Å². The van der Waals surface area contributed by atoms with Crippen LogP contribution in [0, 0.1) is 11.7 Å². The first-order chi connectivity index (χ1) is 7.20. The SMILES string of the molecule is CC(C=O)Cc1cc2cccc(F)c2o1. The molecule has 15 heavy (non-hydrogen) atoms. The van der Waals surface area contributed by atoms with Gasteiger partial charge in [-0.2, -0.15) is 0 Å². The highest BCUT2D eigenvalue weighted by Crippen LogP contribution is 2.23. The minimum atomic E-state index is -0.363. The summed E-state index contributed by atoms with van der Waals surface area (Å²) in [5, 5.41) is 0.739. The average molecular weight is 206 g/mol. The van der Waals surface area contributed by atoms with Crippen molar-refractivity contribution in [3.05, 3.63) is 35.8 Å². The maximum Gasteiger partial charge on any atom is 0.169 e. The van der Waals surface area contributed by atoms with E-state index in [0.29, 0.717) is 12.2 Å². The van der Waals surface area contributed by atoms with Crippen molar-refractivity contribution in [1.29, 1.82) is 0 Å². The second-order valence-electron chi connectivity index (χ2n) is 3.69. The lowest BCUT2D eigenvalue weighted by atomic mass is 10.1. The molecule has 0 radical (unpaired) electrons. The van der Waals surface area contributed by atoms with Gasteiger partial charge in [0.2, 0.25) is 0 Å². The minimum Gasteiger partial charge on any atom is -0.458 e. The van der Waals surface area contributed by atoms with E-state index in [9.17, 15) is 9.18 Å². The molecular weight excluding hydrogens is 195 g/mol. The summed E-state index contributed by atoms with van der Waals surface area (Å²) in [5.41, 5.74) is 0.269. The Hall–Kier alpha value is -1.64. The van der Waals surface area contributed by atoms with E-state index in [0.717, 1.165) is 11.7 Å². The first-order valence-electron chi connectivity index (χ1n) is 4.83. The number of furan rings is 1. The first-order valence-corrected chi connectivity index (χ1v) is 4.83. The lowest BCUT2D eigenvalue weighted by Gasteiger charge is -1.97. The third kappa shape index (κ3) is 1.91. The van der Waals surface area contributed by atoms with Crippen LogP contribution in [0.5, 0.6) is 0 Å². The van der Waals surface area contributed by atoms with Gasteiger partial charge >= 0.3 is 0 Å². The van der Waals surface area contributed by atoms with Gasteiger partial charge in [-0.1, -0.05) is 19.1 Å². The van der Waals surface area contributed by atoms with Crippen LogP contribution in [0.4, 0.5) is 4.39 Å². The van der Waals surface area contributed by atoms with Crippen molar-refractivity contribution in [3.8, 4) is 0 Å². The van der Waals surface area contributed by atoms with Crippen LogP contribution in [0.3, 0.4) is 0 Å². The minimum absolute atomic E-state index is 0.103. The largest absolute Gasteiger partial charge is 0.458 e. The Morgan fingerprint density at radius 1 is 1.53 bits per heavy atom. The van der Waals surface area contributed by atoms with E-state index in [1.54, 1.807) is 25.1 Å². The summed E-state index contributed by atoms with van der Waals surface area (Å²) in [6, 6.07) is 6.56. The molecule has 0 bridgehead atoms. The summed E-state index contributed by atoms with van der Waals surface area (Å²) in [6.45, 7) is 1.80. The Kier molecular flexibility index (Phi) is 2.54. The number of benzene rings is 1. The third-order valence-corrected chi connectivity index (χ3v) is 2.30. The molecule has 1 aromatic carbocycles. The normalized spacial score (nSPS) is 12.9. The topological polar surface area (TPSA) is 30.2 Å². The molecular formula is C12H11FO2. The van der Waals surface area contributed by atoms with Crippen molar-refractivity contribution < 1.29 is 13.6 Å². The number of rotatable bonds is 3. The van der Waals surface area contributed by atoms with Gasteiger partial charge in [-0.25, -0.2) is 4.39 Å². The highest BCUT2D eigenvalue weighted by atomic mass is 19.1. The van der Waals surface area contributed by atoms with Gasteiger partial charge in [0.15, 0.2) is 11.4 Å². The van der Waals surface area contributed by atoms with Crippen LogP contribution in [0.2, 0.25) is 0 Å². The third-order valence-electron chi connectivity index (χ3n) is 2.30. The molecule has 1 unspecified atom stereocenters. The number of halogens is 1. The Morgan fingerprint density at radius 2 is 2.33 bits per heavy atom. The molecule has 3 heteroatoms. The highest BCUT2D eigenvalue weighted by Gasteiger charge is 2.10. The maximum atomic E-state index is 13.3. The number of hydrogen-bond donors (Lipinski definition) is 0. The van der Waals surface area contributed by atoms with Crippen LogP contribution in [-0.4, -0.2) is 6.29 Å². The number of carbonyl (C=O) groups is 1. The van der Waals surface area contributed by atoms with Crippen LogP contribution in [-0.2, 0) is 11.2 Å². The van der Waals surface area contributed by atoms with Crippen LogP contribution >= 0.6 is 0 Å². The monoisotopic (exact) mass is 206 g/mol. The highest BCUT2D eigenvalue weighted by molar-refractivity contribution is 5.78. The van der Waals surface area contributed by atoms with E-state index < -0.39 is 0 Å². The van der Waals surface area contributed by atoms with E-state index in [1.165, 1.54) is 6.07 Å². The molecule has 0 aliphatic carbocycles. The predicted molar refractivity (Wildman–Crippen MR) is 55.1 cm³/mol. The zero-order chi connectivity index (χ0) is 10.8. The number of aldehydes is 1. The molecule has 1 atom stereocenters. The van der Waals surface area contributed by atoms with Crippen molar-refractivity contribution in [2.45, 2.75) is 13.3 Å². The molecule has 0 aliphatic heterocycles. The summed E-state index contributed by atoms with van der Waals surface area (Å²) < 4.78 is 18.6. The van der Waals surface area contributed by atoms with Crippen molar-refractivity contribution in [1.82, 2.24) is 0 Å². The standard InChI is InChI=1S/C12H11FO2/c1-8(7-14)5-10-6-9-3-2-4-11(13)12(9)15-10/h2-4,6-8H,5H2,1H3. The summed E-state index contributed by atoms with van der Waals surface area (Å²) in [7, 11) is 0. The van der Waals surface area contributed by atoms with Crippen molar-refractivity contribution in [2.75, 3.05) is 0 Å². The summed E-state index contributed by atoms with van der Waals surface area (Å²) in [4.78, 5) is 10.5. The lowest BCUT2D eigenvalue weighted by molar-refractivity contribution is -0.110. The second kappa shape index (κ2) is 3.85. The van der Waals surface area contributed by atoms with Gasteiger partial charge in [-0.15, -0.1) is 0 Å². The second-order valence-corrected chi connectivity index (χ2v) is 3.69. The summed E-state index contributed by atoms with van der Waals surface area (Å²) >= 11 is 0. The number of fused-ring (bicyclic) bond motifs is 1. The quantitative estimate of drug-likeness (QED) is 0.723. The number of hydrogen-bond acceptors (Lipinski definition) is 2. The molecule has 1 aromatic heterocycles. The number of carbonyl (C=O) groups excluding carboxylic acids is 1. The van der Waals surface area contributed by atoms with E-state index in [4.69, 9.17) is 4.42 Å². The zero-order valence-electron chi connectivity index (χ0n) is 8.37. The van der Waals surface area contributed by atoms with E-state index in [1.807, 2.05) is 0 Å². The van der Waals surface area contributed by atoms with Crippen LogP contribution < -0.4 is 0 Å². The van der Waals surface area contributed by atoms with E-state index >= 15 is 0 Å². The molecule has 0 spiro atoms. The fourth-order valence-corrected chi connectivity index (χ4v) is 1.55. The summed E-state index contributed by atoms with van der Waals surface area (Å²) in [6.07, 6.45) is 1.38. The van der Waals surface area contributed by atoms with Gasteiger partial charge in [0.05, 0.1) is 0 Å². The Labute approximate surface area is 86.7 Å². The molecule has 0 amide bonds. The molecule has 0 saturated heterocycles. The maximum absolute atomic E-state index is 13.3. The number of para-hydroxylation sites is 1. The average Bonchev–Trinajstić information content (AvgIpc) is 2.62. The Bertz CT molecular complexity index is 487. The van der Waals surface area contributed by atoms with Gasteiger partial charge in [0.1, 0.15) is 12.0 Å². The van der Waals surface area contributed by atoms with Crippen LogP contribution in [0.1, 0.15) is 12.7 Å². The molecule has 2 nitrogen and oxygen atoms in total. The molecule has 0 aliphatic rings. The van der Waals surface area contributed by atoms with Gasteiger partial charge in [0, 0.05) is 17.7 Å².